The second-order valence-corrected chi connectivity index (χ2v) is 9.85. The van der Waals surface area contributed by atoms with Gasteiger partial charge in [0.2, 0.25) is 11.8 Å². The first-order chi connectivity index (χ1) is 19.1. The molecule has 208 valence electrons. The Morgan fingerprint density at radius 1 is 1.10 bits per heavy atom. The fraction of sp³-hybridized carbons (Fsp3) is 0.286. The smallest absolute Gasteiger partial charge is 0.411 e. The number of benzene rings is 2. The molecule has 10 nitrogen and oxygen atoms in total. The predicted octanol–water partition coefficient (Wildman–Crippen LogP) is 3.78. The lowest BCUT2D eigenvalue weighted by Crippen LogP contribution is -2.64. The quantitative estimate of drug-likeness (QED) is 0.405. The van der Waals surface area contributed by atoms with Crippen molar-refractivity contribution in [3.63, 3.8) is 0 Å². The summed E-state index contributed by atoms with van der Waals surface area (Å²) in [5.74, 6) is -2.58. The fourth-order valence-electron chi connectivity index (χ4n) is 5.38. The van der Waals surface area contributed by atoms with Crippen molar-refractivity contribution < 1.29 is 37.7 Å². The van der Waals surface area contributed by atoms with E-state index in [1.54, 1.807) is 12.1 Å². The number of halogens is 2. The number of nitrogens with zero attached hydrogens (tertiary/aromatic N) is 2. The summed E-state index contributed by atoms with van der Waals surface area (Å²) < 4.78 is 38.4. The molecule has 2 bridgehead atoms. The maximum atomic E-state index is 14.1. The molecule has 2 saturated heterocycles. The molecule has 12 heteroatoms. The zero-order valence-electron chi connectivity index (χ0n) is 21.2. The molecule has 2 aliphatic heterocycles. The maximum absolute atomic E-state index is 14.1. The molecule has 1 aromatic heterocycles. The Kier molecular flexibility index (Phi) is 7.24. The molecule has 3 atom stereocenters. The van der Waals surface area contributed by atoms with Crippen molar-refractivity contribution >= 4 is 17.9 Å². The molecule has 2 fully saturated rings. The second kappa shape index (κ2) is 10.8. The minimum atomic E-state index is -1.37. The number of primary amides is 1. The first-order valence-electron chi connectivity index (χ1n) is 12.6. The average Bonchev–Trinajstić information content (AvgIpc) is 3.18. The van der Waals surface area contributed by atoms with E-state index in [1.165, 1.54) is 41.3 Å². The lowest BCUT2D eigenvalue weighted by Gasteiger charge is -2.45. The number of carbonyl (C=O) groups excluding carboxylic acids is 3. The summed E-state index contributed by atoms with van der Waals surface area (Å²) in [6, 6.07) is 11.1. The van der Waals surface area contributed by atoms with Crippen LogP contribution in [-0.4, -0.2) is 50.5 Å². The first-order valence-corrected chi connectivity index (χ1v) is 12.6. The van der Waals surface area contributed by atoms with Crippen LogP contribution in [-0.2, 0) is 16.1 Å². The fourth-order valence-corrected chi connectivity index (χ4v) is 5.38. The molecule has 0 spiro atoms. The van der Waals surface area contributed by atoms with Crippen molar-refractivity contribution in [2.45, 2.75) is 49.9 Å². The van der Waals surface area contributed by atoms with Gasteiger partial charge in [-0.2, -0.15) is 0 Å². The summed E-state index contributed by atoms with van der Waals surface area (Å²) in [5.41, 5.74) is 4.88. The van der Waals surface area contributed by atoms with Gasteiger partial charge in [-0.25, -0.2) is 18.6 Å². The van der Waals surface area contributed by atoms with Crippen molar-refractivity contribution in [3.8, 4) is 17.4 Å². The molecule has 2 aromatic carbocycles. The van der Waals surface area contributed by atoms with Gasteiger partial charge < -0.3 is 25.6 Å². The molecule has 2 aliphatic rings. The topological polar surface area (TPSA) is 144 Å². The normalized spacial score (nSPS) is 21.5. The third kappa shape index (κ3) is 5.37. The SMILES string of the molecule is NC(=O)C12CCC(CC(NC(=O)c3cc(F)cnc3Oc3ccc(F)cc3)C1)N2C(=O)OCc1ccc(O)cc1. The molecule has 4 N–H and O–H groups in total. The summed E-state index contributed by atoms with van der Waals surface area (Å²) in [6.45, 7) is -0.0687. The van der Waals surface area contributed by atoms with Crippen molar-refractivity contribution in [2.24, 2.45) is 5.73 Å². The van der Waals surface area contributed by atoms with Gasteiger partial charge in [0.1, 0.15) is 40.8 Å². The molecule has 3 heterocycles. The lowest BCUT2D eigenvalue weighted by molar-refractivity contribution is -0.131. The molecule has 5 rings (SSSR count). The molecular weight excluding hydrogens is 526 g/mol. The van der Waals surface area contributed by atoms with E-state index in [4.69, 9.17) is 15.2 Å². The van der Waals surface area contributed by atoms with Crippen LogP contribution < -0.4 is 15.8 Å². The van der Waals surface area contributed by atoms with E-state index < -0.39 is 47.2 Å². The number of phenolic OH excluding ortho intramolecular Hbond substituents is 1. The molecular formula is C28H26F2N4O6. The molecule has 3 amide bonds. The minimum Gasteiger partial charge on any atom is -0.508 e. The van der Waals surface area contributed by atoms with Crippen molar-refractivity contribution in [1.82, 2.24) is 15.2 Å². The van der Waals surface area contributed by atoms with Gasteiger partial charge in [-0.15, -0.1) is 0 Å². The Bertz CT molecular complexity index is 1440. The molecule has 0 saturated carbocycles. The number of fused-ring (bicyclic) bond motifs is 2. The maximum Gasteiger partial charge on any atom is 0.411 e. The number of amides is 3. The van der Waals surface area contributed by atoms with Crippen LogP contribution in [0.25, 0.3) is 0 Å². The Hall–Kier alpha value is -4.74. The Labute approximate surface area is 227 Å². The highest BCUT2D eigenvalue weighted by Gasteiger charge is 2.58. The van der Waals surface area contributed by atoms with Gasteiger partial charge in [-0.3, -0.25) is 14.5 Å². The van der Waals surface area contributed by atoms with Crippen LogP contribution in [0.1, 0.15) is 41.6 Å². The van der Waals surface area contributed by atoms with Gasteiger partial charge in [0.05, 0.1) is 6.20 Å². The molecule has 0 aliphatic carbocycles. The molecule has 3 unspecified atom stereocenters. The van der Waals surface area contributed by atoms with Gasteiger partial charge in [0.15, 0.2) is 0 Å². The number of hydrogen-bond donors (Lipinski definition) is 3. The van der Waals surface area contributed by atoms with E-state index in [1.807, 2.05) is 0 Å². The number of carbonyl (C=O) groups is 3. The van der Waals surface area contributed by atoms with Crippen LogP contribution >= 0.6 is 0 Å². The Morgan fingerprint density at radius 3 is 2.52 bits per heavy atom. The number of pyridine rings is 1. The molecule has 3 aromatic rings. The number of phenols is 1. The van der Waals surface area contributed by atoms with Gasteiger partial charge in [0.25, 0.3) is 5.91 Å². The minimum absolute atomic E-state index is 0.0375. The van der Waals surface area contributed by atoms with Gasteiger partial charge >= 0.3 is 6.09 Å². The number of piperidine rings is 1. The van der Waals surface area contributed by atoms with Crippen molar-refractivity contribution in [2.75, 3.05) is 0 Å². The van der Waals surface area contributed by atoms with Gasteiger partial charge in [0, 0.05) is 18.5 Å². The van der Waals surface area contributed by atoms with Gasteiger partial charge in [-0.05, 0) is 67.3 Å². The van der Waals surface area contributed by atoms with Crippen molar-refractivity contribution in [1.29, 1.82) is 0 Å². The number of hydrogen-bond acceptors (Lipinski definition) is 7. The van der Waals surface area contributed by atoms with E-state index in [9.17, 15) is 28.3 Å². The van der Waals surface area contributed by atoms with Crippen molar-refractivity contribution in [3.05, 3.63) is 83.6 Å². The number of aromatic nitrogens is 1. The van der Waals surface area contributed by atoms with Crippen LogP contribution in [0.5, 0.6) is 17.4 Å². The summed E-state index contributed by atoms with van der Waals surface area (Å²) in [4.78, 5) is 44.3. The van der Waals surface area contributed by atoms with Crippen LogP contribution in [0.15, 0.2) is 60.8 Å². The summed E-state index contributed by atoms with van der Waals surface area (Å²) in [7, 11) is 0. The van der Waals surface area contributed by atoms with Gasteiger partial charge in [-0.1, -0.05) is 12.1 Å². The zero-order chi connectivity index (χ0) is 28.4. The largest absolute Gasteiger partial charge is 0.508 e. The molecule has 0 radical (unpaired) electrons. The van der Waals surface area contributed by atoms with Crippen LogP contribution in [0.3, 0.4) is 0 Å². The second-order valence-electron chi connectivity index (χ2n) is 9.85. The van der Waals surface area contributed by atoms with Crippen LogP contribution in [0.4, 0.5) is 13.6 Å². The lowest BCUT2D eigenvalue weighted by atomic mass is 9.84. The summed E-state index contributed by atoms with van der Waals surface area (Å²) >= 11 is 0. The third-order valence-electron chi connectivity index (χ3n) is 7.24. The van der Waals surface area contributed by atoms with E-state index in [-0.39, 0.29) is 36.0 Å². The monoisotopic (exact) mass is 552 g/mol. The number of nitrogens with two attached hydrogens (primary N) is 1. The van der Waals surface area contributed by atoms with E-state index in [0.29, 0.717) is 24.8 Å². The standard InChI is InChI=1S/C28H26F2N4O6/c29-17-3-7-22(8-4-17)40-25-23(11-18(30)14-32-25)24(36)33-19-12-20-9-10-28(13-19,26(31)37)34(20)27(38)39-15-16-1-5-21(35)6-2-16/h1-8,11,14,19-20,35H,9-10,12-13,15H2,(H2,31,37)(H,33,36). The number of aromatic hydroxyl groups is 1. The third-order valence-corrected chi connectivity index (χ3v) is 7.24. The molecule has 40 heavy (non-hydrogen) atoms. The van der Waals surface area contributed by atoms with E-state index in [2.05, 4.69) is 10.3 Å². The highest BCUT2D eigenvalue weighted by Crippen LogP contribution is 2.45. The predicted molar refractivity (Wildman–Crippen MR) is 136 cm³/mol. The van der Waals surface area contributed by atoms with E-state index >= 15 is 0 Å². The Balaban J connectivity index is 1.30. The number of rotatable bonds is 7. The number of ether oxygens (including phenoxy) is 2. The summed E-state index contributed by atoms with van der Waals surface area (Å²) in [6.07, 6.45) is 1.31. The Morgan fingerprint density at radius 2 is 1.82 bits per heavy atom. The average molecular weight is 553 g/mol. The van der Waals surface area contributed by atoms with Crippen LogP contribution in [0.2, 0.25) is 0 Å². The highest BCUT2D eigenvalue weighted by atomic mass is 19.1. The van der Waals surface area contributed by atoms with E-state index in [0.717, 1.165) is 12.3 Å². The van der Waals surface area contributed by atoms with Crippen LogP contribution in [0, 0.1) is 11.6 Å². The highest BCUT2D eigenvalue weighted by molar-refractivity contribution is 5.97. The number of nitrogens with one attached hydrogen (secondary N) is 1. The summed E-state index contributed by atoms with van der Waals surface area (Å²) in [5, 5.41) is 12.2. The zero-order valence-corrected chi connectivity index (χ0v) is 21.2. The first kappa shape index (κ1) is 26.9.